The molecule has 0 spiro atoms. The number of halogens is 2. The van der Waals surface area contributed by atoms with Gasteiger partial charge < -0.3 is 9.88 Å². The van der Waals surface area contributed by atoms with E-state index < -0.39 is 22.2 Å². The maximum Gasteiger partial charge on any atom is 0.307 e. The van der Waals surface area contributed by atoms with Crippen molar-refractivity contribution in [2.45, 2.75) is 6.54 Å². The molecule has 0 aliphatic rings. The monoisotopic (exact) mass is 268 g/mol. The third-order valence-corrected chi connectivity index (χ3v) is 2.59. The van der Waals surface area contributed by atoms with Crippen LogP contribution in [0.15, 0.2) is 24.5 Å². The number of hydrogen-bond acceptors (Lipinski definition) is 4. The summed E-state index contributed by atoms with van der Waals surface area (Å²) < 4.78 is 28.3. The van der Waals surface area contributed by atoms with Crippen molar-refractivity contribution in [3.05, 3.63) is 52.1 Å². The number of aryl methyl sites for hydroxylation is 1. The molecule has 0 fully saturated rings. The molecule has 0 saturated carbocycles. The van der Waals surface area contributed by atoms with Crippen LogP contribution >= 0.6 is 0 Å². The first-order chi connectivity index (χ1) is 8.99. The number of rotatable bonds is 4. The van der Waals surface area contributed by atoms with Crippen molar-refractivity contribution < 1.29 is 13.7 Å². The van der Waals surface area contributed by atoms with E-state index in [0.29, 0.717) is 11.9 Å². The Morgan fingerprint density at radius 3 is 2.74 bits per heavy atom. The van der Waals surface area contributed by atoms with E-state index in [2.05, 4.69) is 10.3 Å². The molecule has 0 unspecified atom stereocenters. The predicted molar refractivity (Wildman–Crippen MR) is 63.5 cm³/mol. The first-order valence-corrected chi connectivity index (χ1v) is 5.32. The Labute approximate surface area is 106 Å². The second-order valence-electron chi connectivity index (χ2n) is 3.85. The summed E-state index contributed by atoms with van der Waals surface area (Å²) in [4.78, 5) is 13.7. The summed E-state index contributed by atoms with van der Waals surface area (Å²) in [5, 5.41) is 13.2. The number of aromatic nitrogens is 2. The van der Waals surface area contributed by atoms with Crippen LogP contribution in [0, 0.1) is 21.7 Å². The number of anilines is 1. The molecule has 2 rings (SSSR count). The Morgan fingerprint density at radius 2 is 2.16 bits per heavy atom. The third-order valence-electron chi connectivity index (χ3n) is 2.59. The topological polar surface area (TPSA) is 73.0 Å². The van der Waals surface area contributed by atoms with Gasteiger partial charge in [0.25, 0.3) is 0 Å². The Hall–Kier alpha value is -2.51. The molecule has 0 saturated heterocycles. The molecule has 6 nitrogen and oxygen atoms in total. The molecule has 0 aliphatic heterocycles. The highest BCUT2D eigenvalue weighted by Gasteiger charge is 2.18. The van der Waals surface area contributed by atoms with Gasteiger partial charge in [-0.3, -0.25) is 10.1 Å². The van der Waals surface area contributed by atoms with Crippen molar-refractivity contribution in [3.63, 3.8) is 0 Å². The number of nitrogens with zero attached hydrogens (tertiary/aromatic N) is 3. The van der Waals surface area contributed by atoms with E-state index in [9.17, 15) is 18.9 Å². The second kappa shape index (κ2) is 5.01. The van der Waals surface area contributed by atoms with Gasteiger partial charge in [0.15, 0.2) is 0 Å². The van der Waals surface area contributed by atoms with Crippen LogP contribution in [-0.2, 0) is 13.6 Å². The SMILES string of the molecule is Cn1ccnc1CNc1cc([N+](=O)[O-])c(F)cc1F. The molecule has 0 atom stereocenters. The minimum atomic E-state index is -1.20. The maximum absolute atomic E-state index is 13.5. The van der Waals surface area contributed by atoms with Crippen molar-refractivity contribution in [1.82, 2.24) is 9.55 Å². The molecular formula is C11H10F2N4O2. The molecule has 0 bridgehead atoms. The Bertz CT molecular complexity index is 627. The van der Waals surface area contributed by atoms with Crippen LogP contribution in [0.3, 0.4) is 0 Å². The van der Waals surface area contributed by atoms with Gasteiger partial charge in [-0.15, -0.1) is 0 Å². The molecular weight excluding hydrogens is 258 g/mol. The van der Waals surface area contributed by atoms with Crippen LogP contribution < -0.4 is 5.32 Å². The standard InChI is InChI=1S/C11H10F2N4O2/c1-16-3-2-14-11(16)6-15-9-5-10(17(18)19)8(13)4-7(9)12/h2-5,15H,6H2,1H3. The fraction of sp³-hybridized carbons (Fsp3) is 0.182. The molecule has 19 heavy (non-hydrogen) atoms. The smallest absolute Gasteiger partial charge is 0.307 e. The zero-order valence-corrected chi connectivity index (χ0v) is 9.93. The molecule has 0 amide bonds. The van der Waals surface area contributed by atoms with E-state index in [-0.39, 0.29) is 12.2 Å². The summed E-state index contributed by atoms with van der Waals surface area (Å²) in [6, 6.07) is 1.31. The van der Waals surface area contributed by atoms with Gasteiger partial charge in [-0.05, 0) is 0 Å². The Kier molecular flexibility index (Phi) is 3.41. The number of nitrogens with one attached hydrogen (secondary N) is 1. The summed E-state index contributed by atoms with van der Waals surface area (Å²) in [6.07, 6.45) is 3.28. The molecule has 1 aromatic heterocycles. The van der Waals surface area contributed by atoms with Crippen LogP contribution in [0.2, 0.25) is 0 Å². The third kappa shape index (κ3) is 2.67. The highest BCUT2D eigenvalue weighted by atomic mass is 19.1. The first kappa shape index (κ1) is 12.9. The van der Waals surface area contributed by atoms with E-state index in [1.54, 1.807) is 24.0 Å². The van der Waals surface area contributed by atoms with Crippen molar-refractivity contribution in [3.8, 4) is 0 Å². The van der Waals surface area contributed by atoms with Gasteiger partial charge in [0.1, 0.15) is 11.6 Å². The van der Waals surface area contributed by atoms with E-state index in [4.69, 9.17) is 0 Å². The Balaban J connectivity index is 2.23. The van der Waals surface area contributed by atoms with E-state index >= 15 is 0 Å². The predicted octanol–water partition coefficient (Wildman–Crippen LogP) is 2.22. The minimum absolute atomic E-state index is 0.142. The quantitative estimate of drug-likeness (QED) is 0.681. The molecule has 2 aromatic rings. The highest BCUT2D eigenvalue weighted by Crippen LogP contribution is 2.25. The zero-order valence-electron chi connectivity index (χ0n) is 9.93. The average Bonchev–Trinajstić information content (AvgIpc) is 2.73. The molecule has 100 valence electrons. The van der Waals surface area contributed by atoms with E-state index in [1.165, 1.54) is 0 Å². The lowest BCUT2D eigenvalue weighted by molar-refractivity contribution is -0.387. The van der Waals surface area contributed by atoms with Crippen LogP contribution in [0.25, 0.3) is 0 Å². The summed E-state index contributed by atoms with van der Waals surface area (Å²) in [7, 11) is 1.76. The number of imidazole rings is 1. The van der Waals surface area contributed by atoms with Gasteiger partial charge in [-0.1, -0.05) is 0 Å². The largest absolute Gasteiger partial charge is 0.375 e. The molecule has 1 heterocycles. The molecule has 1 N–H and O–H groups in total. The van der Waals surface area contributed by atoms with E-state index in [1.807, 2.05) is 0 Å². The Morgan fingerprint density at radius 1 is 1.42 bits per heavy atom. The van der Waals surface area contributed by atoms with Crippen molar-refractivity contribution >= 4 is 11.4 Å². The lowest BCUT2D eigenvalue weighted by Gasteiger charge is -2.07. The summed E-state index contributed by atoms with van der Waals surface area (Å²) in [5.41, 5.74) is -0.917. The second-order valence-corrected chi connectivity index (χ2v) is 3.85. The average molecular weight is 268 g/mol. The normalized spacial score (nSPS) is 10.5. The fourth-order valence-corrected chi connectivity index (χ4v) is 1.55. The number of nitro benzene ring substituents is 1. The number of nitro groups is 1. The van der Waals surface area contributed by atoms with E-state index in [0.717, 1.165) is 6.07 Å². The summed E-state index contributed by atoms with van der Waals surface area (Å²) in [6.45, 7) is 0.170. The lowest BCUT2D eigenvalue weighted by atomic mass is 10.2. The van der Waals surface area contributed by atoms with Gasteiger partial charge in [-0.2, -0.15) is 4.39 Å². The molecule has 0 aliphatic carbocycles. The summed E-state index contributed by atoms with van der Waals surface area (Å²) in [5.74, 6) is -1.48. The van der Waals surface area contributed by atoms with Crippen LogP contribution in [0.4, 0.5) is 20.2 Å². The van der Waals surface area contributed by atoms with Crippen LogP contribution in [0.5, 0.6) is 0 Å². The van der Waals surface area contributed by atoms with Crippen LogP contribution in [-0.4, -0.2) is 14.5 Å². The molecule has 0 radical (unpaired) electrons. The van der Waals surface area contributed by atoms with Gasteiger partial charge in [0.05, 0.1) is 17.2 Å². The van der Waals surface area contributed by atoms with Gasteiger partial charge in [-0.25, -0.2) is 9.37 Å². The number of hydrogen-bond donors (Lipinski definition) is 1. The zero-order chi connectivity index (χ0) is 14.0. The fourth-order valence-electron chi connectivity index (χ4n) is 1.55. The van der Waals surface area contributed by atoms with Gasteiger partial charge >= 0.3 is 5.69 Å². The molecule has 1 aromatic carbocycles. The summed E-state index contributed by atoms with van der Waals surface area (Å²) >= 11 is 0. The highest BCUT2D eigenvalue weighted by molar-refractivity contribution is 5.53. The van der Waals surface area contributed by atoms with Gasteiger partial charge in [0, 0.05) is 31.6 Å². The van der Waals surface area contributed by atoms with Crippen molar-refractivity contribution in [2.24, 2.45) is 7.05 Å². The maximum atomic E-state index is 13.5. The minimum Gasteiger partial charge on any atom is -0.375 e. The number of benzene rings is 1. The first-order valence-electron chi connectivity index (χ1n) is 5.32. The van der Waals surface area contributed by atoms with Crippen molar-refractivity contribution in [2.75, 3.05) is 5.32 Å². The lowest BCUT2D eigenvalue weighted by Crippen LogP contribution is -2.07. The molecule has 8 heteroatoms. The van der Waals surface area contributed by atoms with Crippen molar-refractivity contribution in [1.29, 1.82) is 0 Å². The van der Waals surface area contributed by atoms with Crippen LogP contribution in [0.1, 0.15) is 5.82 Å². The van der Waals surface area contributed by atoms with Gasteiger partial charge in [0.2, 0.25) is 5.82 Å².